The van der Waals surface area contributed by atoms with Crippen molar-refractivity contribution in [2.45, 2.75) is 11.3 Å². The largest absolute Gasteiger partial charge is 0.398 e. The van der Waals surface area contributed by atoms with Crippen LogP contribution in [-0.4, -0.2) is 56.3 Å². The molecule has 1 unspecified atom stereocenters. The molecule has 1 saturated heterocycles. The Bertz CT molecular complexity index is 546. The predicted octanol–water partition coefficient (Wildman–Crippen LogP) is 0.236. The first kappa shape index (κ1) is 14.2. The molecular formula is C12H20N4O2S. The van der Waals surface area contributed by atoms with E-state index in [1.165, 1.54) is 22.8 Å². The lowest BCUT2D eigenvalue weighted by Crippen LogP contribution is -2.33. The van der Waals surface area contributed by atoms with Crippen molar-refractivity contribution in [1.29, 1.82) is 0 Å². The summed E-state index contributed by atoms with van der Waals surface area (Å²) in [6, 6.07) is 1.50. The Kier molecular flexibility index (Phi) is 4.07. The molecule has 1 aromatic rings. The van der Waals surface area contributed by atoms with E-state index in [1.807, 2.05) is 7.05 Å². The molecule has 0 amide bonds. The lowest BCUT2D eigenvalue weighted by atomic mass is 10.1. The van der Waals surface area contributed by atoms with Gasteiger partial charge < -0.3 is 10.6 Å². The summed E-state index contributed by atoms with van der Waals surface area (Å²) in [7, 11) is 0.0992. The van der Waals surface area contributed by atoms with E-state index in [0.717, 1.165) is 19.5 Å². The lowest BCUT2D eigenvalue weighted by molar-refractivity contribution is 0.357. The molecule has 1 atom stereocenters. The van der Waals surface area contributed by atoms with Crippen molar-refractivity contribution in [1.82, 2.24) is 14.2 Å². The molecule has 0 spiro atoms. The van der Waals surface area contributed by atoms with Crippen LogP contribution in [0.5, 0.6) is 0 Å². The van der Waals surface area contributed by atoms with Crippen LogP contribution in [0.25, 0.3) is 0 Å². The number of rotatable bonds is 4. The van der Waals surface area contributed by atoms with Crippen LogP contribution in [0.15, 0.2) is 23.4 Å². The zero-order valence-corrected chi connectivity index (χ0v) is 12.1. The van der Waals surface area contributed by atoms with Gasteiger partial charge in [0.15, 0.2) is 0 Å². The number of nitrogens with two attached hydrogens (primary N) is 1. The molecule has 0 aromatic carbocycles. The average molecular weight is 284 g/mol. The standard InChI is InChI=1S/C12H20N4O2S/c1-15-6-4-10(8-15)9-16(2)19(17,18)12-7-14-5-3-11(12)13/h3,5,7,10H,4,6,8-9H2,1-2H3,(H2,13,14). The number of nitrogens with zero attached hydrogens (tertiary/aromatic N) is 3. The number of nitrogen functional groups attached to an aromatic ring is 1. The van der Waals surface area contributed by atoms with Gasteiger partial charge in [-0.3, -0.25) is 4.98 Å². The molecule has 2 N–H and O–H groups in total. The molecule has 0 bridgehead atoms. The van der Waals surface area contributed by atoms with Gasteiger partial charge in [-0.1, -0.05) is 0 Å². The monoisotopic (exact) mass is 284 g/mol. The highest BCUT2D eigenvalue weighted by Crippen LogP contribution is 2.22. The Morgan fingerprint density at radius 1 is 1.58 bits per heavy atom. The number of sulfonamides is 1. The molecule has 1 aliphatic heterocycles. The Hall–Kier alpha value is -1.18. The fourth-order valence-electron chi connectivity index (χ4n) is 2.41. The Morgan fingerprint density at radius 3 is 2.89 bits per heavy atom. The Labute approximate surface area is 114 Å². The minimum Gasteiger partial charge on any atom is -0.398 e. The highest BCUT2D eigenvalue weighted by molar-refractivity contribution is 7.89. The van der Waals surface area contributed by atoms with Crippen LogP contribution >= 0.6 is 0 Å². The first-order chi connectivity index (χ1) is 8.91. The highest BCUT2D eigenvalue weighted by Gasteiger charge is 2.28. The van der Waals surface area contributed by atoms with E-state index in [0.29, 0.717) is 12.5 Å². The predicted molar refractivity (Wildman–Crippen MR) is 74.1 cm³/mol. The van der Waals surface area contributed by atoms with E-state index in [4.69, 9.17) is 5.73 Å². The van der Waals surface area contributed by atoms with E-state index < -0.39 is 10.0 Å². The molecule has 106 valence electrons. The molecule has 7 heteroatoms. The second-order valence-electron chi connectivity index (χ2n) is 5.12. The van der Waals surface area contributed by atoms with Gasteiger partial charge in [0.1, 0.15) is 4.90 Å². The zero-order valence-electron chi connectivity index (χ0n) is 11.3. The van der Waals surface area contributed by atoms with Crippen molar-refractivity contribution in [2.24, 2.45) is 5.92 Å². The quantitative estimate of drug-likeness (QED) is 0.856. The first-order valence-electron chi connectivity index (χ1n) is 6.25. The van der Waals surface area contributed by atoms with Crippen molar-refractivity contribution in [2.75, 3.05) is 39.5 Å². The maximum atomic E-state index is 12.4. The van der Waals surface area contributed by atoms with Crippen LogP contribution in [0.4, 0.5) is 5.69 Å². The SMILES string of the molecule is CN1CCC(CN(C)S(=O)(=O)c2cnccc2N)C1. The highest BCUT2D eigenvalue weighted by atomic mass is 32.2. The van der Waals surface area contributed by atoms with Gasteiger partial charge in [-0.2, -0.15) is 0 Å². The summed E-state index contributed by atoms with van der Waals surface area (Å²) in [5.74, 6) is 0.377. The van der Waals surface area contributed by atoms with Crippen LogP contribution < -0.4 is 5.73 Å². The average Bonchev–Trinajstić information content (AvgIpc) is 2.75. The third-order valence-electron chi connectivity index (χ3n) is 3.51. The fraction of sp³-hybridized carbons (Fsp3) is 0.583. The van der Waals surface area contributed by atoms with Crippen LogP contribution in [0, 0.1) is 5.92 Å². The van der Waals surface area contributed by atoms with E-state index in [9.17, 15) is 8.42 Å². The van der Waals surface area contributed by atoms with Gasteiger partial charge in [0.2, 0.25) is 10.0 Å². The number of aromatic nitrogens is 1. The van der Waals surface area contributed by atoms with Crippen molar-refractivity contribution in [3.8, 4) is 0 Å². The molecule has 1 aromatic heterocycles. The topological polar surface area (TPSA) is 79.5 Å². The van der Waals surface area contributed by atoms with Crippen LogP contribution in [0.2, 0.25) is 0 Å². The Morgan fingerprint density at radius 2 is 2.32 bits per heavy atom. The first-order valence-corrected chi connectivity index (χ1v) is 7.69. The van der Waals surface area contributed by atoms with Gasteiger partial charge >= 0.3 is 0 Å². The minimum absolute atomic E-state index is 0.0869. The van der Waals surface area contributed by atoms with E-state index >= 15 is 0 Å². The van der Waals surface area contributed by atoms with Crippen LogP contribution in [0.3, 0.4) is 0 Å². The normalized spacial score (nSPS) is 21.1. The summed E-state index contributed by atoms with van der Waals surface area (Å²) in [6.45, 7) is 2.47. The molecule has 1 fully saturated rings. The van der Waals surface area contributed by atoms with Crippen molar-refractivity contribution in [3.63, 3.8) is 0 Å². The van der Waals surface area contributed by atoms with Gasteiger partial charge in [-0.15, -0.1) is 0 Å². The number of anilines is 1. The second-order valence-corrected chi connectivity index (χ2v) is 7.13. The molecular weight excluding hydrogens is 264 g/mol. The third kappa shape index (κ3) is 3.05. The fourth-order valence-corrected chi connectivity index (χ4v) is 3.71. The molecule has 0 saturated carbocycles. The lowest BCUT2D eigenvalue weighted by Gasteiger charge is -2.21. The van der Waals surface area contributed by atoms with E-state index in [2.05, 4.69) is 9.88 Å². The molecule has 2 rings (SSSR count). The molecule has 2 heterocycles. The summed E-state index contributed by atoms with van der Waals surface area (Å²) >= 11 is 0. The smallest absolute Gasteiger partial charge is 0.246 e. The van der Waals surface area contributed by atoms with Gasteiger partial charge in [0.25, 0.3) is 0 Å². The zero-order chi connectivity index (χ0) is 14.0. The summed E-state index contributed by atoms with van der Waals surface area (Å²) in [5.41, 5.74) is 5.96. The van der Waals surface area contributed by atoms with Crippen molar-refractivity contribution < 1.29 is 8.42 Å². The molecule has 0 radical (unpaired) electrons. The molecule has 19 heavy (non-hydrogen) atoms. The van der Waals surface area contributed by atoms with Gasteiger partial charge in [0, 0.05) is 32.5 Å². The van der Waals surface area contributed by atoms with Gasteiger partial charge in [0.05, 0.1) is 5.69 Å². The van der Waals surface area contributed by atoms with Crippen LogP contribution in [-0.2, 0) is 10.0 Å². The molecule has 6 nitrogen and oxygen atoms in total. The summed E-state index contributed by atoms with van der Waals surface area (Å²) in [5, 5.41) is 0. The third-order valence-corrected chi connectivity index (χ3v) is 5.38. The summed E-state index contributed by atoms with van der Waals surface area (Å²) < 4.78 is 26.2. The van der Waals surface area contributed by atoms with Crippen LogP contribution in [0.1, 0.15) is 6.42 Å². The number of likely N-dealkylation sites (tertiary alicyclic amines) is 1. The maximum Gasteiger partial charge on any atom is 0.246 e. The minimum atomic E-state index is -3.55. The van der Waals surface area contributed by atoms with Crippen molar-refractivity contribution >= 4 is 15.7 Å². The van der Waals surface area contributed by atoms with Gasteiger partial charge in [-0.05, 0) is 32.0 Å². The molecule has 1 aliphatic rings. The Balaban J connectivity index is 2.14. The summed E-state index contributed by atoms with van der Waals surface area (Å²) in [4.78, 5) is 6.14. The maximum absolute atomic E-state index is 12.4. The number of pyridine rings is 1. The molecule has 0 aliphatic carbocycles. The number of hydrogen-bond acceptors (Lipinski definition) is 5. The number of hydrogen-bond donors (Lipinski definition) is 1. The van der Waals surface area contributed by atoms with Gasteiger partial charge in [-0.25, -0.2) is 12.7 Å². The van der Waals surface area contributed by atoms with E-state index in [-0.39, 0.29) is 10.6 Å². The van der Waals surface area contributed by atoms with E-state index in [1.54, 1.807) is 7.05 Å². The summed E-state index contributed by atoms with van der Waals surface area (Å²) in [6.07, 6.45) is 3.82. The second kappa shape index (κ2) is 5.44. The van der Waals surface area contributed by atoms with Crippen molar-refractivity contribution in [3.05, 3.63) is 18.5 Å².